The topological polar surface area (TPSA) is 125 Å². The molecule has 11 heteroatoms. The number of likely N-dealkylation sites (tertiary alicyclic amines) is 1. The normalized spacial score (nSPS) is 25.5. The number of aryl methyl sites for hydroxylation is 1. The van der Waals surface area contributed by atoms with Crippen LogP contribution in [0.15, 0.2) is 43.5 Å². The Kier molecular flexibility index (Phi) is 11.8. The van der Waals surface area contributed by atoms with Crippen molar-refractivity contribution >= 4 is 41.0 Å². The lowest BCUT2D eigenvalue weighted by molar-refractivity contribution is -0.159. The Balaban J connectivity index is 1.62. The summed E-state index contributed by atoms with van der Waals surface area (Å²) in [4.78, 5) is 57.8. The fraction of sp³-hybridized carbons (Fsp3) is 0.588. The van der Waals surface area contributed by atoms with Gasteiger partial charge in [-0.05, 0) is 57.6 Å². The van der Waals surface area contributed by atoms with Crippen LogP contribution in [-0.2, 0) is 28.7 Å². The van der Waals surface area contributed by atoms with Gasteiger partial charge in [-0.2, -0.15) is 0 Å². The number of rotatable bonds is 17. The van der Waals surface area contributed by atoms with Crippen molar-refractivity contribution in [1.82, 2.24) is 10.2 Å². The minimum absolute atomic E-state index is 0.0958. The van der Waals surface area contributed by atoms with Crippen LogP contribution in [0.25, 0.3) is 0 Å². The largest absolute Gasteiger partial charge is 0.460 e. The zero-order valence-corrected chi connectivity index (χ0v) is 27.1. The van der Waals surface area contributed by atoms with Crippen molar-refractivity contribution in [2.24, 2.45) is 11.8 Å². The van der Waals surface area contributed by atoms with Crippen LogP contribution in [0.2, 0.25) is 5.02 Å². The molecule has 3 saturated heterocycles. The van der Waals surface area contributed by atoms with Crippen LogP contribution in [-0.4, -0.2) is 83.8 Å². The zero-order valence-electron chi connectivity index (χ0n) is 26.3. The van der Waals surface area contributed by atoms with E-state index in [0.29, 0.717) is 55.8 Å². The number of carbonyl (C=O) groups excluding carboxylic acids is 4. The maximum absolute atomic E-state index is 14.7. The van der Waals surface area contributed by atoms with Crippen LogP contribution in [0.5, 0.6) is 0 Å². The Hall–Kier alpha value is -3.21. The van der Waals surface area contributed by atoms with Crippen molar-refractivity contribution in [3.05, 3.63) is 54.1 Å². The van der Waals surface area contributed by atoms with E-state index in [0.717, 1.165) is 18.4 Å². The standard InChI is InChI=1S/C34H46ClN3O7/c1-5-7-15-26(40)36-21-23(4)44-33(43)27-25-16-17-34(45-25)28(27)31(41)38(19-10-8-9-11-20-39)30(34)32(42)37(18-6-2)29-22(3)13-12-14-24(29)35/h5-6,12-14,23,25,27-28,30,39H,1-2,7-11,15-21H2,3-4H3,(H,36,40)/t23-,25+,27-,28-,30+,34-/m0/s1. The minimum Gasteiger partial charge on any atom is -0.460 e. The summed E-state index contributed by atoms with van der Waals surface area (Å²) in [6.45, 7) is 11.8. The molecule has 0 aromatic heterocycles. The molecule has 3 fully saturated rings. The number of hydrogen-bond donors (Lipinski definition) is 2. The van der Waals surface area contributed by atoms with Gasteiger partial charge in [0.2, 0.25) is 11.8 Å². The number of hydrogen-bond acceptors (Lipinski definition) is 7. The molecule has 0 saturated carbocycles. The number of allylic oxidation sites excluding steroid dienone is 1. The average molecular weight is 644 g/mol. The molecule has 0 unspecified atom stereocenters. The highest BCUT2D eigenvalue weighted by molar-refractivity contribution is 6.34. The van der Waals surface area contributed by atoms with Crippen molar-refractivity contribution < 1.29 is 33.8 Å². The van der Waals surface area contributed by atoms with Crippen LogP contribution in [0.3, 0.4) is 0 Å². The molecule has 2 bridgehead atoms. The number of amides is 3. The Morgan fingerprint density at radius 2 is 2.00 bits per heavy atom. The van der Waals surface area contributed by atoms with E-state index in [1.807, 2.05) is 19.1 Å². The zero-order chi connectivity index (χ0) is 32.7. The van der Waals surface area contributed by atoms with Gasteiger partial charge in [0, 0.05) is 26.1 Å². The van der Waals surface area contributed by atoms with E-state index in [9.17, 15) is 24.3 Å². The first-order valence-corrected chi connectivity index (χ1v) is 16.3. The summed E-state index contributed by atoms with van der Waals surface area (Å²) in [6.07, 6.45) is 6.77. The van der Waals surface area contributed by atoms with Crippen molar-refractivity contribution in [2.45, 2.75) is 89.1 Å². The average Bonchev–Trinajstić information content (AvgIpc) is 3.65. The maximum Gasteiger partial charge on any atom is 0.312 e. The molecule has 1 aromatic carbocycles. The molecule has 4 rings (SSSR count). The van der Waals surface area contributed by atoms with Gasteiger partial charge in [0.05, 0.1) is 35.2 Å². The van der Waals surface area contributed by atoms with E-state index in [2.05, 4.69) is 18.5 Å². The summed E-state index contributed by atoms with van der Waals surface area (Å²) in [5.41, 5.74) is 0.159. The van der Waals surface area contributed by atoms with E-state index in [1.54, 1.807) is 34.9 Å². The molecule has 3 aliphatic rings. The van der Waals surface area contributed by atoms with E-state index in [1.165, 1.54) is 0 Å². The molecule has 3 aliphatic heterocycles. The molecule has 10 nitrogen and oxygen atoms in total. The van der Waals surface area contributed by atoms with Crippen molar-refractivity contribution in [3.63, 3.8) is 0 Å². The summed E-state index contributed by atoms with van der Waals surface area (Å²) < 4.78 is 12.3. The highest BCUT2D eigenvalue weighted by Gasteiger charge is 2.75. The first-order chi connectivity index (χ1) is 21.6. The number of nitrogens with one attached hydrogen (secondary N) is 1. The summed E-state index contributed by atoms with van der Waals surface area (Å²) in [5.74, 6) is -3.09. The Morgan fingerprint density at radius 1 is 1.24 bits per heavy atom. The third kappa shape index (κ3) is 7.13. The predicted molar refractivity (Wildman–Crippen MR) is 172 cm³/mol. The number of anilines is 1. The van der Waals surface area contributed by atoms with Crippen LogP contribution in [0.1, 0.15) is 63.9 Å². The lowest BCUT2D eigenvalue weighted by atomic mass is 9.70. The number of aliphatic hydroxyl groups excluding tert-OH is 1. The van der Waals surface area contributed by atoms with Gasteiger partial charge in [0.15, 0.2) is 0 Å². The highest BCUT2D eigenvalue weighted by Crippen LogP contribution is 2.59. The number of fused-ring (bicyclic) bond motifs is 1. The molecule has 0 radical (unpaired) electrons. The molecule has 2 N–H and O–H groups in total. The maximum atomic E-state index is 14.7. The molecule has 1 spiro atoms. The molecule has 0 aliphatic carbocycles. The van der Waals surface area contributed by atoms with Gasteiger partial charge >= 0.3 is 5.97 Å². The second kappa shape index (κ2) is 15.4. The number of nitrogens with zero attached hydrogens (tertiary/aromatic N) is 2. The number of ether oxygens (including phenoxy) is 2. The lowest BCUT2D eigenvalue weighted by Gasteiger charge is -2.37. The highest BCUT2D eigenvalue weighted by atomic mass is 35.5. The van der Waals surface area contributed by atoms with Crippen LogP contribution in [0, 0.1) is 18.8 Å². The van der Waals surface area contributed by atoms with Crippen molar-refractivity contribution in [2.75, 3.05) is 31.1 Å². The third-order valence-corrected chi connectivity index (χ3v) is 9.43. The second-order valence-corrected chi connectivity index (χ2v) is 12.7. The summed E-state index contributed by atoms with van der Waals surface area (Å²) >= 11 is 6.63. The van der Waals surface area contributed by atoms with E-state index < -0.39 is 41.7 Å². The lowest BCUT2D eigenvalue weighted by Crippen LogP contribution is -2.56. The summed E-state index contributed by atoms with van der Waals surface area (Å²) in [5, 5.41) is 12.4. The van der Waals surface area contributed by atoms with Crippen molar-refractivity contribution in [1.29, 1.82) is 0 Å². The number of aliphatic hydroxyl groups is 1. The SMILES string of the molecule is C=CCCC(=O)NC[C@H](C)OC(=O)[C@@H]1[C@H]2C(=O)N(CCCCCCO)[C@H](C(=O)N(CC=C)c3c(C)cccc3Cl)[C@]23CC[C@H]1O3. The molecule has 3 heterocycles. The van der Waals surface area contributed by atoms with Gasteiger partial charge in [0.25, 0.3) is 5.91 Å². The second-order valence-electron chi connectivity index (χ2n) is 12.2. The molecule has 6 atom stereocenters. The van der Waals surface area contributed by atoms with E-state index >= 15 is 0 Å². The van der Waals surface area contributed by atoms with Gasteiger partial charge in [-0.25, -0.2) is 0 Å². The molecular weight excluding hydrogens is 598 g/mol. The van der Waals surface area contributed by atoms with Crippen LogP contribution >= 0.6 is 11.6 Å². The first kappa shape index (κ1) is 34.7. The summed E-state index contributed by atoms with van der Waals surface area (Å²) in [6, 6.07) is 4.44. The van der Waals surface area contributed by atoms with Crippen molar-refractivity contribution in [3.8, 4) is 0 Å². The van der Waals surface area contributed by atoms with Crippen LogP contribution < -0.4 is 10.2 Å². The number of esters is 1. The molecule has 45 heavy (non-hydrogen) atoms. The fourth-order valence-corrected chi connectivity index (χ4v) is 7.44. The van der Waals surface area contributed by atoms with Gasteiger partial charge in [-0.1, -0.05) is 48.7 Å². The number of carbonyl (C=O) groups is 4. The Bertz CT molecular complexity index is 1270. The van der Waals surface area contributed by atoms with E-state index in [4.69, 9.17) is 21.1 Å². The quantitative estimate of drug-likeness (QED) is 0.149. The first-order valence-electron chi connectivity index (χ1n) is 16.0. The Labute approximate surface area is 270 Å². The molecule has 3 amide bonds. The number of halogens is 1. The molecular formula is C34H46ClN3O7. The monoisotopic (exact) mass is 643 g/mol. The Morgan fingerprint density at radius 3 is 2.69 bits per heavy atom. The van der Waals surface area contributed by atoms with E-state index in [-0.39, 0.29) is 37.4 Å². The summed E-state index contributed by atoms with van der Waals surface area (Å²) in [7, 11) is 0. The minimum atomic E-state index is -1.19. The fourth-order valence-electron chi connectivity index (χ4n) is 7.12. The predicted octanol–water partition coefficient (Wildman–Crippen LogP) is 4.11. The number of benzene rings is 1. The van der Waals surface area contributed by atoms with Gasteiger partial charge in [-0.15, -0.1) is 13.2 Å². The number of para-hydroxylation sites is 1. The molecule has 246 valence electrons. The number of unbranched alkanes of at least 4 members (excludes halogenated alkanes) is 3. The third-order valence-electron chi connectivity index (χ3n) is 9.13. The molecule has 1 aromatic rings. The van der Waals surface area contributed by atoms with Gasteiger partial charge in [-0.3, -0.25) is 19.2 Å². The smallest absolute Gasteiger partial charge is 0.312 e. The van der Waals surface area contributed by atoms with Gasteiger partial charge < -0.3 is 29.7 Å². The van der Waals surface area contributed by atoms with Gasteiger partial charge in [0.1, 0.15) is 17.7 Å². The van der Waals surface area contributed by atoms with Crippen LogP contribution in [0.4, 0.5) is 5.69 Å².